The number of halogens is 1. The van der Waals surface area contributed by atoms with Gasteiger partial charge in [-0.2, -0.15) is 0 Å². The molecule has 0 saturated carbocycles. The second-order valence-corrected chi connectivity index (χ2v) is 7.85. The van der Waals surface area contributed by atoms with E-state index in [4.69, 9.17) is 33.0 Å². The lowest BCUT2D eigenvalue weighted by Crippen LogP contribution is -2.46. The van der Waals surface area contributed by atoms with Crippen LogP contribution in [0.25, 0.3) is 11.5 Å². The van der Waals surface area contributed by atoms with Crippen LogP contribution >= 0.6 is 23.8 Å². The van der Waals surface area contributed by atoms with E-state index in [0.717, 1.165) is 49.1 Å². The predicted molar refractivity (Wildman–Crippen MR) is 116 cm³/mol. The summed E-state index contributed by atoms with van der Waals surface area (Å²) in [6, 6.07) is 15.7. The predicted octanol–water partition coefficient (Wildman–Crippen LogP) is 4.31. The minimum atomic E-state index is 0.388. The molecule has 2 heterocycles. The molecule has 0 unspecified atom stereocenters. The molecule has 3 aromatic rings. The van der Waals surface area contributed by atoms with E-state index in [0.29, 0.717) is 17.4 Å². The molecule has 0 spiro atoms. The summed E-state index contributed by atoms with van der Waals surface area (Å²) in [6.45, 7) is 5.49. The lowest BCUT2D eigenvalue weighted by Gasteiger charge is -2.34. The quantitative estimate of drug-likeness (QED) is 0.543. The van der Waals surface area contributed by atoms with Gasteiger partial charge in [-0.05, 0) is 54.2 Å². The van der Waals surface area contributed by atoms with Gasteiger partial charge in [0, 0.05) is 43.3 Å². The fourth-order valence-electron chi connectivity index (χ4n) is 3.37. The van der Waals surface area contributed by atoms with Crippen LogP contribution in [-0.4, -0.2) is 52.9 Å². The third-order valence-electron chi connectivity index (χ3n) is 5.06. The highest BCUT2D eigenvalue weighted by molar-refractivity contribution is 7.71. The zero-order chi connectivity index (χ0) is 20.2. The van der Waals surface area contributed by atoms with Crippen LogP contribution in [0.15, 0.2) is 52.9 Å². The fraction of sp³-hybridized carbons (Fsp3) is 0.333. The van der Waals surface area contributed by atoms with Crippen LogP contribution in [0.4, 0.5) is 0 Å². The van der Waals surface area contributed by atoms with Crippen LogP contribution in [0.5, 0.6) is 5.75 Å². The van der Waals surface area contributed by atoms with E-state index in [-0.39, 0.29) is 0 Å². The smallest absolute Gasteiger partial charge is 0.288 e. The minimum absolute atomic E-state index is 0.388. The largest absolute Gasteiger partial charge is 0.497 e. The molecule has 4 rings (SSSR count). The average Bonchev–Trinajstić information content (AvgIpc) is 3.11. The van der Waals surface area contributed by atoms with Crippen LogP contribution in [-0.2, 0) is 13.2 Å². The zero-order valence-corrected chi connectivity index (χ0v) is 17.8. The highest BCUT2D eigenvalue weighted by Crippen LogP contribution is 2.21. The van der Waals surface area contributed by atoms with Crippen LogP contribution in [0, 0.1) is 4.84 Å². The normalized spacial score (nSPS) is 15.5. The van der Waals surface area contributed by atoms with E-state index in [1.54, 1.807) is 11.8 Å². The molecule has 0 N–H and O–H groups in total. The Labute approximate surface area is 180 Å². The number of hydrogen-bond acceptors (Lipinski definition) is 6. The molecule has 29 heavy (non-hydrogen) atoms. The van der Waals surface area contributed by atoms with E-state index in [1.165, 1.54) is 5.56 Å². The number of nitrogens with zero attached hydrogens (tertiary/aromatic N) is 4. The monoisotopic (exact) mass is 430 g/mol. The molecule has 0 bridgehead atoms. The Kier molecular flexibility index (Phi) is 6.30. The number of rotatable bonds is 6. The van der Waals surface area contributed by atoms with Gasteiger partial charge in [-0.1, -0.05) is 23.7 Å². The Bertz CT molecular complexity index is 993. The van der Waals surface area contributed by atoms with E-state index in [2.05, 4.69) is 27.0 Å². The molecule has 152 valence electrons. The molecule has 1 aromatic heterocycles. The second-order valence-electron chi connectivity index (χ2n) is 7.06. The van der Waals surface area contributed by atoms with Crippen LogP contribution < -0.4 is 4.74 Å². The Morgan fingerprint density at radius 3 is 2.31 bits per heavy atom. The van der Waals surface area contributed by atoms with Gasteiger partial charge in [-0.15, -0.1) is 5.10 Å². The van der Waals surface area contributed by atoms with Gasteiger partial charge in [0.15, 0.2) is 0 Å². The van der Waals surface area contributed by atoms with Crippen molar-refractivity contribution in [3.63, 3.8) is 0 Å². The summed E-state index contributed by atoms with van der Waals surface area (Å²) in [6.07, 6.45) is 0. The molecule has 0 atom stereocenters. The highest BCUT2D eigenvalue weighted by Gasteiger charge is 2.19. The van der Waals surface area contributed by atoms with Gasteiger partial charge >= 0.3 is 0 Å². The van der Waals surface area contributed by atoms with Crippen molar-refractivity contribution >= 4 is 23.8 Å². The third kappa shape index (κ3) is 5.05. The van der Waals surface area contributed by atoms with Crippen LogP contribution in [0.2, 0.25) is 5.02 Å². The molecule has 2 aromatic carbocycles. The third-order valence-corrected chi connectivity index (χ3v) is 5.61. The molecule has 0 amide bonds. The molecule has 1 saturated heterocycles. The molecular weight excluding hydrogens is 408 g/mol. The first kappa shape index (κ1) is 20.1. The van der Waals surface area contributed by atoms with Gasteiger partial charge in [0.05, 0.1) is 13.8 Å². The first-order valence-electron chi connectivity index (χ1n) is 9.52. The van der Waals surface area contributed by atoms with Gasteiger partial charge in [-0.25, -0.2) is 4.68 Å². The van der Waals surface area contributed by atoms with E-state index >= 15 is 0 Å². The van der Waals surface area contributed by atoms with Gasteiger partial charge in [0.2, 0.25) is 5.89 Å². The van der Waals surface area contributed by atoms with Crippen molar-refractivity contribution < 1.29 is 9.15 Å². The molecular formula is C21H23ClN4O2S. The fourth-order valence-corrected chi connectivity index (χ4v) is 3.68. The van der Waals surface area contributed by atoms with Crippen LogP contribution in [0.1, 0.15) is 5.56 Å². The molecule has 0 aliphatic carbocycles. The maximum Gasteiger partial charge on any atom is 0.288 e. The minimum Gasteiger partial charge on any atom is -0.497 e. The second kappa shape index (κ2) is 9.09. The topological polar surface area (TPSA) is 46.7 Å². The van der Waals surface area contributed by atoms with Gasteiger partial charge < -0.3 is 9.15 Å². The van der Waals surface area contributed by atoms with Crippen molar-refractivity contribution in [1.29, 1.82) is 0 Å². The van der Waals surface area contributed by atoms with Crippen molar-refractivity contribution in [2.24, 2.45) is 0 Å². The van der Waals surface area contributed by atoms with E-state index in [1.807, 2.05) is 36.4 Å². The molecule has 1 fully saturated rings. The van der Waals surface area contributed by atoms with Crippen molar-refractivity contribution in [3.05, 3.63) is 64.0 Å². The summed E-state index contributed by atoms with van der Waals surface area (Å²) < 4.78 is 12.6. The van der Waals surface area contributed by atoms with E-state index < -0.39 is 0 Å². The molecule has 0 radical (unpaired) electrons. The first-order valence-corrected chi connectivity index (χ1v) is 10.3. The number of aromatic nitrogens is 2. The summed E-state index contributed by atoms with van der Waals surface area (Å²) in [5.74, 6) is 1.32. The molecule has 1 aliphatic rings. The van der Waals surface area contributed by atoms with Crippen molar-refractivity contribution in [2.45, 2.75) is 13.2 Å². The van der Waals surface area contributed by atoms with Gasteiger partial charge in [0.25, 0.3) is 4.84 Å². The highest BCUT2D eigenvalue weighted by atomic mass is 35.5. The Balaban J connectivity index is 1.34. The van der Waals surface area contributed by atoms with E-state index in [9.17, 15) is 0 Å². The van der Waals surface area contributed by atoms with Crippen molar-refractivity contribution in [1.82, 2.24) is 19.6 Å². The Morgan fingerprint density at radius 1 is 1.00 bits per heavy atom. The molecule has 6 nitrogen and oxygen atoms in total. The van der Waals surface area contributed by atoms with Gasteiger partial charge in [0.1, 0.15) is 5.75 Å². The first-order chi connectivity index (χ1) is 14.1. The lowest BCUT2D eigenvalue weighted by molar-refractivity contribution is 0.0974. The standard InChI is InChI=1S/C21H23ClN4O2S/c1-27-19-8-4-17(5-9-19)20-23-26(21(29)28-20)15-25-12-10-24(11-13-25)14-16-2-6-18(22)7-3-16/h2-9H,10-15H2,1H3. The number of piperazine rings is 1. The van der Waals surface area contributed by atoms with Crippen LogP contribution in [0.3, 0.4) is 0 Å². The maximum absolute atomic E-state index is 5.97. The summed E-state index contributed by atoms with van der Waals surface area (Å²) in [7, 11) is 1.64. The zero-order valence-electron chi connectivity index (χ0n) is 16.3. The summed E-state index contributed by atoms with van der Waals surface area (Å²) in [5, 5.41) is 5.34. The number of hydrogen-bond donors (Lipinski definition) is 0. The Hall–Kier alpha value is -2.19. The lowest BCUT2D eigenvalue weighted by atomic mass is 10.2. The summed E-state index contributed by atoms with van der Waals surface area (Å²) in [5.41, 5.74) is 2.16. The SMILES string of the molecule is COc1ccc(-c2nn(CN3CCN(Cc4ccc(Cl)cc4)CC3)c(=S)o2)cc1. The number of ether oxygens (including phenoxy) is 1. The Morgan fingerprint density at radius 2 is 1.66 bits per heavy atom. The molecule has 8 heteroatoms. The summed E-state index contributed by atoms with van der Waals surface area (Å²) in [4.78, 5) is 5.18. The number of methoxy groups -OCH3 is 1. The average molecular weight is 431 g/mol. The summed E-state index contributed by atoms with van der Waals surface area (Å²) >= 11 is 11.3. The van der Waals surface area contributed by atoms with Crippen molar-refractivity contribution in [2.75, 3.05) is 33.3 Å². The molecule has 1 aliphatic heterocycles. The van der Waals surface area contributed by atoms with Crippen molar-refractivity contribution in [3.8, 4) is 17.2 Å². The maximum atomic E-state index is 5.97. The number of benzene rings is 2. The van der Waals surface area contributed by atoms with Gasteiger partial charge in [-0.3, -0.25) is 9.80 Å².